The number of hydrogen-bond acceptors (Lipinski definition) is 6. The van der Waals surface area contributed by atoms with Crippen LogP contribution in [0.2, 0.25) is 0 Å². The molecule has 0 aromatic carbocycles. The van der Waals surface area contributed by atoms with Crippen molar-refractivity contribution in [1.29, 1.82) is 0 Å². The van der Waals surface area contributed by atoms with Gasteiger partial charge >= 0.3 is 5.97 Å². The summed E-state index contributed by atoms with van der Waals surface area (Å²) >= 11 is 0. The molecule has 2 saturated heterocycles. The number of allylic oxidation sites excluding steroid dienone is 1. The number of esters is 1. The van der Waals surface area contributed by atoms with Gasteiger partial charge in [0, 0.05) is 11.8 Å². The lowest BCUT2D eigenvalue weighted by molar-refractivity contribution is -0.147. The van der Waals surface area contributed by atoms with Crippen molar-refractivity contribution in [2.24, 2.45) is 5.73 Å². The van der Waals surface area contributed by atoms with Crippen molar-refractivity contribution < 1.29 is 24.1 Å². The first-order valence-electron chi connectivity index (χ1n) is 5.13. The largest absolute Gasteiger partial charge is 0.454 e. The molecule has 0 bridgehead atoms. The third kappa shape index (κ3) is 2.18. The van der Waals surface area contributed by atoms with Gasteiger partial charge < -0.3 is 25.1 Å². The van der Waals surface area contributed by atoms with Crippen molar-refractivity contribution in [1.82, 2.24) is 0 Å². The number of ether oxygens (including phenoxy) is 3. The Morgan fingerprint density at radius 1 is 1.44 bits per heavy atom. The number of aliphatic hydroxyl groups is 1. The Labute approximate surface area is 93.0 Å². The molecule has 2 fully saturated rings. The van der Waals surface area contributed by atoms with E-state index in [1.807, 2.05) is 0 Å². The lowest BCUT2D eigenvalue weighted by Gasteiger charge is -2.15. The van der Waals surface area contributed by atoms with Crippen LogP contribution in [0, 0.1) is 0 Å². The Kier molecular flexibility index (Phi) is 3.13. The fourth-order valence-electron chi connectivity index (χ4n) is 1.91. The molecule has 2 aliphatic heterocycles. The van der Waals surface area contributed by atoms with Crippen molar-refractivity contribution >= 4 is 5.97 Å². The molecule has 2 aliphatic rings. The second kappa shape index (κ2) is 4.40. The molecule has 16 heavy (non-hydrogen) atoms. The van der Waals surface area contributed by atoms with Crippen LogP contribution in [0.4, 0.5) is 0 Å². The Morgan fingerprint density at radius 2 is 2.12 bits per heavy atom. The van der Waals surface area contributed by atoms with Crippen LogP contribution in [-0.2, 0) is 19.0 Å². The minimum Gasteiger partial charge on any atom is -0.454 e. The molecule has 0 aliphatic carbocycles. The Bertz CT molecular complexity index is 312. The molecule has 0 aromatic rings. The van der Waals surface area contributed by atoms with E-state index in [0.29, 0.717) is 5.70 Å². The van der Waals surface area contributed by atoms with Gasteiger partial charge in [-0.25, -0.2) is 4.79 Å². The van der Waals surface area contributed by atoms with E-state index < -0.39 is 18.2 Å². The van der Waals surface area contributed by atoms with Crippen LogP contribution in [0.1, 0.15) is 6.92 Å². The number of nitrogens with two attached hydrogens (primary N) is 1. The Hall–Kier alpha value is -1.11. The van der Waals surface area contributed by atoms with Gasteiger partial charge in [0.15, 0.2) is 6.10 Å². The normalized spacial score (nSPS) is 38.5. The summed E-state index contributed by atoms with van der Waals surface area (Å²) in [5, 5.41) is 9.47. The second-order valence-electron chi connectivity index (χ2n) is 4.03. The van der Waals surface area contributed by atoms with Gasteiger partial charge in [-0.3, -0.25) is 0 Å². The number of hydrogen-bond donors (Lipinski definition) is 2. The number of rotatable bonds is 2. The highest BCUT2D eigenvalue weighted by Crippen LogP contribution is 2.28. The van der Waals surface area contributed by atoms with Gasteiger partial charge in [0.1, 0.15) is 18.3 Å². The van der Waals surface area contributed by atoms with E-state index >= 15 is 0 Å². The molecule has 6 heteroatoms. The van der Waals surface area contributed by atoms with Gasteiger partial charge in [-0.05, 0) is 6.92 Å². The summed E-state index contributed by atoms with van der Waals surface area (Å²) in [5.74, 6) is -0.515. The lowest BCUT2D eigenvalue weighted by Crippen LogP contribution is -2.34. The summed E-state index contributed by atoms with van der Waals surface area (Å²) in [4.78, 5) is 11.3. The summed E-state index contributed by atoms with van der Waals surface area (Å²) in [6.07, 6.45) is -0.657. The van der Waals surface area contributed by atoms with Gasteiger partial charge in [-0.15, -0.1) is 0 Å². The zero-order valence-electron chi connectivity index (χ0n) is 8.96. The van der Waals surface area contributed by atoms with Crippen LogP contribution in [0.25, 0.3) is 0 Å². The first kappa shape index (κ1) is 11.4. The molecule has 4 atom stereocenters. The van der Waals surface area contributed by atoms with Gasteiger partial charge in [0.25, 0.3) is 0 Å². The fraction of sp³-hybridized carbons (Fsp3) is 0.700. The van der Waals surface area contributed by atoms with Gasteiger partial charge in [-0.1, -0.05) is 0 Å². The summed E-state index contributed by atoms with van der Waals surface area (Å²) in [6, 6.07) is 0. The molecule has 2 heterocycles. The third-order valence-electron chi connectivity index (χ3n) is 2.59. The average molecular weight is 229 g/mol. The van der Waals surface area contributed by atoms with Gasteiger partial charge in [0.05, 0.1) is 13.2 Å². The summed E-state index contributed by atoms with van der Waals surface area (Å²) in [6.45, 7) is 2.07. The van der Waals surface area contributed by atoms with Crippen molar-refractivity contribution in [3.63, 3.8) is 0 Å². The van der Waals surface area contributed by atoms with Crippen molar-refractivity contribution in [3.8, 4) is 0 Å². The maximum absolute atomic E-state index is 11.3. The minimum absolute atomic E-state index is 0.217. The van der Waals surface area contributed by atoms with E-state index in [0.717, 1.165) is 0 Å². The standard InChI is InChI=1S/C10H15NO5/c1-5(11)2-8(13)16-7-4-15-9-6(12)3-14-10(7)9/h2,6-7,9-10,12H,3-4,11H2,1H3/b5-2-/t6-,7+,9+,10+/m0/s1. The topological polar surface area (TPSA) is 91.0 Å². The molecule has 2 rings (SSSR count). The van der Waals surface area contributed by atoms with Gasteiger partial charge in [-0.2, -0.15) is 0 Å². The highest BCUT2D eigenvalue weighted by atomic mass is 16.6. The van der Waals surface area contributed by atoms with E-state index in [-0.39, 0.29) is 25.4 Å². The Balaban J connectivity index is 1.93. The van der Waals surface area contributed by atoms with E-state index in [1.54, 1.807) is 6.92 Å². The zero-order chi connectivity index (χ0) is 11.7. The van der Waals surface area contributed by atoms with Crippen LogP contribution in [0.5, 0.6) is 0 Å². The first-order chi connectivity index (χ1) is 7.58. The molecule has 0 aromatic heterocycles. The van der Waals surface area contributed by atoms with E-state index in [4.69, 9.17) is 19.9 Å². The van der Waals surface area contributed by atoms with Crippen LogP contribution in [0.3, 0.4) is 0 Å². The average Bonchev–Trinajstić information content (AvgIpc) is 2.70. The van der Waals surface area contributed by atoms with Crippen LogP contribution in [-0.4, -0.2) is 48.7 Å². The van der Waals surface area contributed by atoms with Gasteiger partial charge in [0.2, 0.25) is 0 Å². The molecular formula is C10H15NO5. The summed E-state index contributed by atoms with van der Waals surface area (Å²) < 4.78 is 15.7. The quantitative estimate of drug-likeness (QED) is 0.462. The summed E-state index contributed by atoms with van der Waals surface area (Å²) in [7, 11) is 0. The highest BCUT2D eigenvalue weighted by molar-refractivity contribution is 5.82. The number of aliphatic hydroxyl groups excluding tert-OH is 1. The molecule has 0 amide bonds. The number of fused-ring (bicyclic) bond motifs is 1. The number of carbonyl (C=O) groups is 1. The third-order valence-corrected chi connectivity index (χ3v) is 2.59. The molecule has 0 spiro atoms. The van der Waals surface area contributed by atoms with Crippen molar-refractivity contribution in [3.05, 3.63) is 11.8 Å². The maximum atomic E-state index is 11.3. The van der Waals surface area contributed by atoms with Crippen molar-refractivity contribution in [2.75, 3.05) is 13.2 Å². The lowest BCUT2D eigenvalue weighted by atomic mass is 10.1. The molecule has 0 unspecified atom stereocenters. The van der Waals surface area contributed by atoms with E-state index in [1.165, 1.54) is 6.08 Å². The molecular weight excluding hydrogens is 214 g/mol. The first-order valence-corrected chi connectivity index (χ1v) is 5.13. The minimum atomic E-state index is -0.638. The SMILES string of the molecule is C/C(N)=C/C(=O)O[C@@H]1CO[C@H]2[C@@H]1OC[C@@H]2O. The monoisotopic (exact) mass is 229 g/mol. The predicted molar refractivity (Wildman–Crippen MR) is 53.3 cm³/mol. The molecule has 3 N–H and O–H groups in total. The molecule has 90 valence electrons. The predicted octanol–water partition coefficient (Wildman–Crippen LogP) is -1.08. The Morgan fingerprint density at radius 3 is 2.81 bits per heavy atom. The highest BCUT2D eigenvalue weighted by Gasteiger charge is 2.48. The van der Waals surface area contributed by atoms with Crippen LogP contribution in [0.15, 0.2) is 11.8 Å². The van der Waals surface area contributed by atoms with E-state index in [9.17, 15) is 9.90 Å². The second-order valence-corrected chi connectivity index (χ2v) is 4.03. The van der Waals surface area contributed by atoms with E-state index in [2.05, 4.69) is 0 Å². The molecule has 0 saturated carbocycles. The summed E-state index contributed by atoms with van der Waals surface area (Å²) in [5.41, 5.74) is 5.74. The zero-order valence-corrected chi connectivity index (χ0v) is 8.96. The van der Waals surface area contributed by atoms with Crippen LogP contribution < -0.4 is 5.73 Å². The maximum Gasteiger partial charge on any atom is 0.332 e. The fourth-order valence-corrected chi connectivity index (χ4v) is 1.91. The number of carbonyl (C=O) groups excluding carboxylic acids is 1. The molecule has 0 radical (unpaired) electrons. The van der Waals surface area contributed by atoms with Crippen LogP contribution >= 0.6 is 0 Å². The smallest absolute Gasteiger partial charge is 0.332 e. The van der Waals surface area contributed by atoms with Crippen molar-refractivity contribution in [2.45, 2.75) is 31.3 Å². The molecule has 6 nitrogen and oxygen atoms in total.